The van der Waals surface area contributed by atoms with Crippen LogP contribution in [0.2, 0.25) is 0 Å². The average Bonchev–Trinajstić information content (AvgIpc) is 2.45. The Morgan fingerprint density at radius 2 is 0.950 bits per heavy atom. The van der Waals surface area contributed by atoms with Crippen molar-refractivity contribution in [1.82, 2.24) is 0 Å². The van der Waals surface area contributed by atoms with Crippen molar-refractivity contribution in [2.45, 2.75) is 65.2 Å². The summed E-state index contributed by atoms with van der Waals surface area (Å²) in [5.74, 6) is 1.84. The molecule has 0 amide bonds. The van der Waals surface area contributed by atoms with Crippen molar-refractivity contribution >= 4 is 0 Å². The van der Waals surface area contributed by atoms with E-state index in [0.29, 0.717) is 5.57 Å². The van der Waals surface area contributed by atoms with Crippen LogP contribution < -0.4 is 0 Å². The molecule has 0 heterocycles. The zero-order chi connectivity index (χ0) is 15.1. The topological polar surface area (TPSA) is 0 Å². The largest absolute Gasteiger partial charge is 0.270 e. The Hall–Kier alpha value is -0.540. The molecule has 0 radical (unpaired) electrons. The molecular formula is C16H26F4. The molecule has 2 aliphatic rings. The van der Waals surface area contributed by atoms with E-state index in [0.717, 1.165) is 63.2 Å². The van der Waals surface area contributed by atoms with E-state index in [1.165, 1.54) is 0 Å². The highest BCUT2D eigenvalue weighted by Gasteiger charge is 2.31. The first kappa shape index (κ1) is 17.5. The first-order valence-corrected chi connectivity index (χ1v) is 7.77. The number of hydrogen-bond acceptors (Lipinski definition) is 0. The smallest absolute Gasteiger partial charge is 0.173 e. The summed E-state index contributed by atoms with van der Waals surface area (Å²) < 4.78 is 42.7. The highest BCUT2D eigenvalue weighted by Crippen LogP contribution is 2.43. The number of halogens is 4. The molecule has 0 saturated heterocycles. The summed E-state index contributed by atoms with van der Waals surface area (Å²) in [6.07, 6.45) is 7.11. The molecule has 2 fully saturated rings. The van der Waals surface area contributed by atoms with Crippen LogP contribution in [-0.4, -0.2) is 0 Å². The van der Waals surface area contributed by atoms with Crippen molar-refractivity contribution < 1.29 is 17.9 Å². The van der Waals surface area contributed by atoms with Gasteiger partial charge in [0.25, 0.3) is 6.08 Å². The molecule has 0 aliphatic heterocycles. The van der Waals surface area contributed by atoms with Crippen molar-refractivity contribution in [3.05, 3.63) is 11.7 Å². The number of hydrogen-bond donors (Lipinski definition) is 0. The summed E-state index contributed by atoms with van der Waals surface area (Å²) in [6.45, 7) is 4.49. The SMILES string of the molecule is CC1CCC(C(=C(F)F)C2CCC(C)CC2)CC1.FF. The van der Waals surface area contributed by atoms with E-state index in [-0.39, 0.29) is 11.8 Å². The summed E-state index contributed by atoms with van der Waals surface area (Å²) in [5, 5.41) is 0. The number of rotatable bonds is 2. The summed E-state index contributed by atoms with van der Waals surface area (Å²) in [4.78, 5) is 0. The minimum absolute atomic E-state index is 0.185. The van der Waals surface area contributed by atoms with Crippen molar-refractivity contribution in [2.75, 3.05) is 0 Å². The van der Waals surface area contributed by atoms with E-state index >= 15 is 0 Å². The van der Waals surface area contributed by atoms with E-state index in [9.17, 15) is 8.78 Å². The second-order valence-corrected chi connectivity index (χ2v) is 6.63. The lowest BCUT2D eigenvalue weighted by Crippen LogP contribution is -2.23. The molecular weight excluding hydrogens is 268 g/mol. The van der Waals surface area contributed by atoms with Gasteiger partial charge in [-0.1, -0.05) is 39.5 Å². The minimum Gasteiger partial charge on any atom is -0.173 e. The van der Waals surface area contributed by atoms with Crippen LogP contribution in [-0.2, 0) is 0 Å². The van der Waals surface area contributed by atoms with Gasteiger partial charge < -0.3 is 0 Å². The van der Waals surface area contributed by atoms with E-state index in [2.05, 4.69) is 13.8 Å². The predicted octanol–water partition coefficient (Wildman–Crippen LogP) is 6.63. The van der Waals surface area contributed by atoms with E-state index in [1.54, 1.807) is 0 Å². The van der Waals surface area contributed by atoms with E-state index in [1.807, 2.05) is 0 Å². The fraction of sp³-hybridized carbons (Fsp3) is 0.875. The molecule has 118 valence electrons. The minimum atomic E-state index is -1.35. The first-order chi connectivity index (χ1) is 9.58. The van der Waals surface area contributed by atoms with Gasteiger partial charge in [-0.15, -0.1) is 0 Å². The summed E-state index contributed by atoms with van der Waals surface area (Å²) in [7, 11) is 0. The lowest BCUT2D eigenvalue weighted by molar-refractivity contribution is 0.108. The Labute approximate surface area is 119 Å². The molecule has 0 spiro atoms. The van der Waals surface area contributed by atoms with Gasteiger partial charge >= 0.3 is 0 Å². The fourth-order valence-electron chi connectivity index (χ4n) is 3.78. The van der Waals surface area contributed by atoms with Crippen LogP contribution >= 0.6 is 0 Å². The van der Waals surface area contributed by atoms with Gasteiger partial charge in [-0.05, 0) is 49.4 Å². The molecule has 0 aromatic heterocycles. The molecule has 0 nitrogen and oxygen atoms in total. The summed E-state index contributed by atoms with van der Waals surface area (Å²) in [5.41, 5.74) is 0.550. The zero-order valence-corrected chi connectivity index (χ0v) is 12.5. The highest BCUT2D eigenvalue weighted by atomic mass is 20.0. The fourth-order valence-corrected chi connectivity index (χ4v) is 3.78. The van der Waals surface area contributed by atoms with Crippen LogP contribution in [0.25, 0.3) is 0 Å². The summed E-state index contributed by atoms with van der Waals surface area (Å²) in [6, 6.07) is 0. The Morgan fingerprint density at radius 3 is 1.20 bits per heavy atom. The molecule has 0 atom stereocenters. The van der Waals surface area contributed by atoms with Gasteiger partial charge in [0, 0.05) is 14.7 Å². The Bertz CT molecular complexity index is 270. The standard InChI is InChI=1S/C16H26F2.F2/c1-11-3-7-13(8-4-11)15(16(17)18)14-9-5-12(2)6-10-14;1-2/h11-14H,3-10H2,1-2H3;. The lowest BCUT2D eigenvalue weighted by atomic mass is 9.71. The molecule has 4 heteroatoms. The van der Waals surface area contributed by atoms with E-state index in [4.69, 9.17) is 9.15 Å². The van der Waals surface area contributed by atoms with Crippen LogP contribution in [0.3, 0.4) is 0 Å². The lowest BCUT2D eigenvalue weighted by Gasteiger charge is -2.34. The quantitative estimate of drug-likeness (QED) is 0.501. The van der Waals surface area contributed by atoms with Crippen molar-refractivity contribution in [2.24, 2.45) is 23.7 Å². The van der Waals surface area contributed by atoms with Gasteiger partial charge in [0.1, 0.15) is 0 Å². The third-order valence-corrected chi connectivity index (χ3v) is 5.13. The second kappa shape index (κ2) is 8.68. The van der Waals surface area contributed by atoms with Crippen molar-refractivity contribution in [3.8, 4) is 0 Å². The van der Waals surface area contributed by atoms with Crippen molar-refractivity contribution in [1.29, 1.82) is 0 Å². The van der Waals surface area contributed by atoms with Crippen LogP contribution in [0.1, 0.15) is 65.2 Å². The normalized spacial score (nSPS) is 33.9. The molecule has 2 saturated carbocycles. The number of allylic oxidation sites excluding steroid dienone is 1. The van der Waals surface area contributed by atoms with Gasteiger partial charge in [0.15, 0.2) is 0 Å². The molecule has 2 rings (SSSR count). The van der Waals surface area contributed by atoms with Crippen LogP contribution in [0.4, 0.5) is 17.9 Å². The maximum absolute atomic E-state index is 13.3. The molecule has 0 N–H and O–H groups in total. The van der Waals surface area contributed by atoms with Crippen LogP contribution in [0.15, 0.2) is 11.7 Å². The summed E-state index contributed by atoms with van der Waals surface area (Å²) >= 11 is 0. The maximum Gasteiger partial charge on any atom is 0.270 e. The Kier molecular flexibility index (Phi) is 7.60. The van der Waals surface area contributed by atoms with Crippen molar-refractivity contribution in [3.63, 3.8) is 0 Å². The molecule has 0 aromatic carbocycles. The highest BCUT2D eigenvalue weighted by molar-refractivity contribution is 5.13. The van der Waals surface area contributed by atoms with Gasteiger partial charge in [0.2, 0.25) is 0 Å². The Morgan fingerprint density at radius 1 is 0.650 bits per heavy atom. The second-order valence-electron chi connectivity index (χ2n) is 6.63. The third-order valence-electron chi connectivity index (χ3n) is 5.13. The molecule has 20 heavy (non-hydrogen) atoms. The molecule has 0 bridgehead atoms. The van der Waals surface area contributed by atoms with Gasteiger partial charge in [0.05, 0.1) is 0 Å². The molecule has 0 unspecified atom stereocenters. The van der Waals surface area contributed by atoms with Crippen LogP contribution in [0, 0.1) is 23.7 Å². The maximum atomic E-state index is 13.3. The van der Waals surface area contributed by atoms with Gasteiger partial charge in [-0.25, -0.2) is 0 Å². The van der Waals surface area contributed by atoms with E-state index < -0.39 is 6.08 Å². The Balaban J connectivity index is 0.000000956. The zero-order valence-electron chi connectivity index (χ0n) is 12.5. The third kappa shape index (κ3) is 4.78. The molecule has 2 aliphatic carbocycles. The van der Waals surface area contributed by atoms with Crippen LogP contribution in [0.5, 0.6) is 0 Å². The molecule has 0 aromatic rings. The predicted molar refractivity (Wildman–Crippen MR) is 73.7 cm³/mol. The monoisotopic (exact) mass is 294 g/mol. The first-order valence-electron chi connectivity index (χ1n) is 7.77. The van der Waals surface area contributed by atoms with Gasteiger partial charge in [-0.2, -0.15) is 8.78 Å². The average molecular weight is 294 g/mol. The van der Waals surface area contributed by atoms with Gasteiger partial charge in [-0.3, -0.25) is 0 Å².